The molecule has 1 aliphatic rings. The van der Waals surface area contributed by atoms with Gasteiger partial charge in [0.2, 0.25) is 0 Å². The average Bonchev–Trinajstić information content (AvgIpc) is 2.63. The first-order valence-electron chi connectivity index (χ1n) is 8.97. The SMILES string of the molecule is COc1ccc(N2CC[NH+](Cc3ccc(C(C)C)cc3)CC2)cc1. The van der Waals surface area contributed by atoms with Gasteiger partial charge < -0.3 is 14.5 Å². The van der Waals surface area contributed by atoms with Crippen molar-refractivity contribution in [3.8, 4) is 5.75 Å². The summed E-state index contributed by atoms with van der Waals surface area (Å²) in [6.07, 6.45) is 0. The van der Waals surface area contributed by atoms with E-state index < -0.39 is 0 Å². The van der Waals surface area contributed by atoms with E-state index in [9.17, 15) is 0 Å². The van der Waals surface area contributed by atoms with Gasteiger partial charge in [0.1, 0.15) is 12.3 Å². The van der Waals surface area contributed by atoms with Crippen molar-refractivity contribution in [3.63, 3.8) is 0 Å². The summed E-state index contributed by atoms with van der Waals surface area (Å²) in [6.45, 7) is 10.2. The van der Waals surface area contributed by atoms with E-state index in [1.54, 1.807) is 12.0 Å². The maximum atomic E-state index is 5.24. The number of nitrogens with one attached hydrogen (secondary N) is 1. The molecule has 1 fully saturated rings. The first-order chi connectivity index (χ1) is 11.7. The summed E-state index contributed by atoms with van der Waals surface area (Å²) in [5.74, 6) is 1.53. The molecule has 0 atom stereocenters. The van der Waals surface area contributed by atoms with Crippen LogP contribution in [0.2, 0.25) is 0 Å². The second kappa shape index (κ2) is 7.71. The zero-order valence-electron chi connectivity index (χ0n) is 15.1. The van der Waals surface area contributed by atoms with E-state index in [0.717, 1.165) is 25.4 Å². The van der Waals surface area contributed by atoms with Crippen LogP contribution >= 0.6 is 0 Å². The lowest BCUT2D eigenvalue weighted by Crippen LogP contribution is -3.13. The number of ether oxygens (including phenoxy) is 1. The number of quaternary nitrogens is 1. The molecule has 0 radical (unpaired) electrons. The zero-order valence-corrected chi connectivity index (χ0v) is 15.1. The largest absolute Gasteiger partial charge is 0.497 e. The molecule has 3 heteroatoms. The fraction of sp³-hybridized carbons (Fsp3) is 0.429. The normalized spacial score (nSPS) is 15.8. The van der Waals surface area contributed by atoms with Crippen molar-refractivity contribution in [2.75, 3.05) is 38.2 Å². The van der Waals surface area contributed by atoms with Gasteiger partial charge in [-0.05, 0) is 35.7 Å². The van der Waals surface area contributed by atoms with Gasteiger partial charge in [0.25, 0.3) is 0 Å². The van der Waals surface area contributed by atoms with Gasteiger partial charge in [-0.25, -0.2) is 0 Å². The van der Waals surface area contributed by atoms with Crippen LogP contribution in [-0.4, -0.2) is 33.3 Å². The number of piperazine rings is 1. The van der Waals surface area contributed by atoms with Gasteiger partial charge in [0.15, 0.2) is 0 Å². The third-order valence-electron chi connectivity index (χ3n) is 5.01. The minimum absolute atomic E-state index is 0.611. The van der Waals surface area contributed by atoms with E-state index >= 15 is 0 Å². The summed E-state index contributed by atoms with van der Waals surface area (Å²) in [6, 6.07) is 17.6. The highest BCUT2D eigenvalue weighted by molar-refractivity contribution is 5.49. The molecule has 0 aromatic heterocycles. The summed E-state index contributed by atoms with van der Waals surface area (Å²) in [5, 5.41) is 0. The van der Waals surface area contributed by atoms with Crippen molar-refractivity contribution >= 4 is 5.69 Å². The summed E-state index contributed by atoms with van der Waals surface area (Å²) >= 11 is 0. The average molecular weight is 325 g/mol. The van der Waals surface area contributed by atoms with Gasteiger partial charge in [-0.1, -0.05) is 38.1 Å². The van der Waals surface area contributed by atoms with Crippen molar-refractivity contribution in [2.45, 2.75) is 26.3 Å². The Morgan fingerprint density at radius 1 is 0.958 bits per heavy atom. The van der Waals surface area contributed by atoms with Gasteiger partial charge in [-0.3, -0.25) is 0 Å². The molecule has 1 heterocycles. The Hall–Kier alpha value is -2.00. The molecule has 3 nitrogen and oxygen atoms in total. The number of anilines is 1. The fourth-order valence-electron chi connectivity index (χ4n) is 3.36. The Labute approximate surface area is 145 Å². The fourth-order valence-corrected chi connectivity index (χ4v) is 3.36. The molecular weight excluding hydrogens is 296 g/mol. The smallest absolute Gasteiger partial charge is 0.119 e. The molecule has 2 aromatic carbocycles. The van der Waals surface area contributed by atoms with Crippen molar-refractivity contribution in [2.24, 2.45) is 0 Å². The maximum absolute atomic E-state index is 5.24. The molecule has 1 aliphatic heterocycles. The lowest BCUT2D eigenvalue weighted by Gasteiger charge is -2.33. The van der Waals surface area contributed by atoms with Crippen LogP contribution in [0.15, 0.2) is 48.5 Å². The van der Waals surface area contributed by atoms with Crippen LogP contribution in [0.4, 0.5) is 5.69 Å². The number of nitrogens with zero attached hydrogens (tertiary/aromatic N) is 1. The standard InChI is InChI=1S/C21H28N2O/c1-17(2)19-6-4-18(5-7-19)16-22-12-14-23(15-13-22)20-8-10-21(24-3)11-9-20/h4-11,17H,12-16H2,1-3H3/p+1. The Morgan fingerprint density at radius 2 is 1.58 bits per heavy atom. The van der Waals surface area contributed by atoms with Crippen LogP contribution in [0.5, 0.6) is 5.75 Å². The van der Waals surface area contributed by atoms with Crippen LogP contribution < -0.4 is 14.5 Å². The molecule has 128 valence electrons. The van der Waals surface area contributed by atoms with E-state index in [-0.39, 0.29) is 0 Å². The first-order valence-corrected chi connectivity index (χ1v) is 8.97. The van der Waals surface area contributed by atoms with E-state index in [0.29, 0.717) is 5.92 Å². The highest BCUT2D eigenvalue weighted by Crippen LogP contribution is 2.19. The molecular formula is C21H29N2O+. The minimum atomic E-state index is 0.611. The predicted octanol–water partition coefficient (Wildman–Crippen LogP) is 2.72. The maximum Gasteiger partial charge on any atom is 0.119 e. The zero-order chi connectivity index (χ0) is 16.9. The highest BCUT2D eigenvalue weighted by atomic mass is 16.5. The molecule has 0 amide bonds. The topological polar surface area (TPSA) is 16.9 Å². The van der Waals surface area contributed by atoms with Crippen molar-refractivity contribution in [3.05, 3.63) is 59.7 Å². The molecule has 0 unspecified atom stereocenters. The third kappa shape index (κ3) is 4.09. The second-order valence-corrected chi connectivity index (χ2v) is 7.01. The number of hydrogen-bond donors (Lipinski definition) is 1. The van der Waals surface area contributed by atoms with E-state index in [1.165, 1.54) is 29.9 Å². The van der Waals surface area contributed by atoms with Gasteiger partial charge in [0.05, 0.1) is 33.3 Å². The van der Waals surface area contributed by atoms with Crippen LogP contribution in [0, 0.1) is 0 Å². The van der Waals surface area contributed by atoms with E-state index in [1.807, 2.05) is 12.1 Å². The first kappa shape index (κ1) is 16.8. The van der Waals surface area contributed by atoms with Crippen molar-refractivity contribution in [1.29, 1.82) is 0 Å². The highest BCUT2D eigenvalue weighted by Gasteiger charge is 2.20. The molecule has 1 saturated heterocycles. The van der Waals surface area contributed by atoms with Crippen LogP contribution in [-0.2, 0) is 6.54 Å². The minimum Gasteiger partial charge on any atom is -0.497 e. The van der Waals surface area contributed by atoms with Crippen LogP contribution in [0.25, 0.3) is 0 Å². The summed E-state index contributed by atoms with van der Waals surface area (Å²) < 4.78 is 5.24. The summed E-state index contributed by atoms with van der Waals surface area (Å²) in [5.41, 5.74) is 4.18. The van der Waals surface area contributed by atoms with Crippen molar-refractivity contribution in [1.82, 2.24) is 0 Å². The molecule has 0 spiro atoms. The van der Waals surface area contributed by atoms with Crippen LogP contribution in [0.3, 0.4) is 0 Å². The Morgan fingerprint density at radius 3 is 2.12 bits per heavy atom. The van der Waals surface area contributed by atoms with Gasteiger partial charge in [0, 0.05) is 11.3 Å². The number of methoxy groups -OCH3 is 1. The quantitative estimate of drug-likeness (QED) is 0.910. The summed E-state index contributed by atoms with van der Waals surface area (Å²) in [7, 11) is 1.71. The molecule has 24 heavy (non-hydrogen) atoms. The van der Waals surface area contributed by atoms with E-state index in [4.69, 9.17) is 4.74 Å². The molecule has 3 rings (SSSR count). The van der Waals surface area contributed by atoms with Gasteiger partial charge in [-0.15, -0.1) is 0 Å². The molecule has 0 bridgehead atoms. The van der Waals surface area contributed by atoms with Crippen LogP contribution in [0.1, 0.15) is 30.9 Å². The lowest BCUT2D eigenvalue weighted by molar-refractivity contribution is -0.914. The Kier molecular flexibility index (Phi) is 5.41. The van der Waals surface area contributed by atoms with Crippen molar-refractivity contribution < 1.29 is 9.64 Å². The molecule has 0 aliphatic carbocycles. The predicted molar refractivity (Wildman–Crippen MR) is 100 cm³/mol. The Bertz CT molecular complexity index is 626. The monoisotopic (exact) mass is 325 g/mol. The number of rotatable bonds is 5. The molecule has 1 N–H and O–H groups in total. The van der Waals surface area contributed by atoms with Gasteiger partial charge >= 0.3 is 0 Å². The second-order valence-electron chi connectivity index (χ2n) is 7.01. The van der Waals surface area contributed by atoms with Gasteiger partial charge in [-0.2, -0.15) is 0 Å². The Balaban J connectivity index is 1.52. The summed E-state index contributed by atoms with van der Waals surface area (Å²) in [4.78, 5) is 4.15. The molecule has 2 aromatic rings. The number of hydrogen-bond acceptors (Lipinski definition) is 2. The molecule has 0 saturated carbocycles. The lowest BCUT2D eigenvalue weighted by atomic mass is 10.0. The number of benzene rings is 2. The van der Waals surface area contributed by atoms with E-state index in [2.05, 4.69) is 55.1 Å². The third-order valence-corrected chi connectivity index (χ3v) is 5.01.